The maximum absolute atomic E-state index is 12.1. The maximum Gasteiger partial charge on any atom is 0.141 e. The zero-order chi connectivity index (χ0) is 8.81. The summed E-state index contributed by atoms with van der Waals surface area (Å²) in [5.74, 6) is 0. The Hall–Kier alpha value is -0.480. The molecule has 12 heavy (non-hydrogen) atoms. The summed E-state index contributed by atoms with van der Waals surface area (Å²) in [6.45, 7) is 0.569. The molecule has 0 radical (unpaired) electrons. The molecule has 2 nitrogen and oxygen atoms in total. The summed E-state index contributed by atoms with van der Waals surface area (Å²) < 4.78 is 12.1. The highest BCUT2D eigenvalue weighted by Crippen LogP contribution is 2.15. The molecule has 1 heterocycles. The molecule has 0 bridgehead atoms. The number of hydrogen-bond acceptors (Lipinski definition) is 3. The van der Waals surface area contributed by atoms with Gasteiger partial charge in [-0.25, -0.2) is 9.37 Å². The molecule has 0 saturated carbocycles. The summed E-state index contributed by atoms with van der Waals surface area (Å²) in [4.78, 5) is 5.12. The topological polar surface area (TPSA) is 24.9 Å². The summed E-state index contributed by atoms with van der Waals surface area (Å²) in [6.07, 6.45) is 3.86. The van der Waals surface area contributed by atoms with Gasteiger partial charge in [-0.2, -0.15) is 0 Å². The van der Waals surface area contributed by atoms with E-state index < -0.39 is 6.67 Å². The van der Waals surface area contributed by atoms with E-state index >= 15 is 0 Å². The molecular formula is C8H13FN2S. The van der Waals surface area contributed by atoms with Gasteiger partial charge >= 0.3 is 0 Å². The minimum Gasteiger partial charge on any atom is -0.320 e. The van der Waals surface area contributed by atoms with Gasteiger partial charge < -0.3 is 5.32 Å². The van der Waals surface area contributed by atoms with Crippen LogP contribution in [0, 0.1) is 0 Å². The Kier molecular flexibility index (Phi) is 4.18. The first-order valence-corrected chi connectivity index (χ1v) is 4.82. The Morgan fingerprint density at radius 2 is 2.50 bits per heavy atom. The van der Waals surface area contributed by atoms with Gasteiger partial charge in [0.15, 0.2) is 0 Å². The molecule has 0 unspecified atom stereocenters. The normalized spacial score (nSPS) is 10.5. The first-order valence-electron chi connectivity index (χ1n) is 4.01. The van der Waals surface area contributed by atoms with Crippen LogP contribution in [0.1, 0.15) is 16.3 Å². The van der Waals surface area contributed by atoms with Gasteiger partial charge in [-0.3, -0.25) is 0 Å². The van der Waals surface area contributed by atoms with Crippen LogP contribution >= 0.6 is 11.3 Å². The minimum atomic E-state index is -0.434. The summed E-state index contributed by atoms with van der Waals surface area (Å²) in [7, 11) is 1.93. The lowest BCUT2D eigenvalue weighted by molar-refractivity contribution is 0.483. The van der Waals surface area contributed by atoms with Crippen LogP contribution in [0.3, 0.4) is 0 Å². The number of thiazole rings is 1. The van der Waals surface area contributed by atoms with Crippen molar-refractivity contribution in [3.05, 3.63) is 16.1 Å². The van der Waals surface area contributed by atoms with E-state index in [4.69, 9.17) is 0 Å². The zero-order valence-corrected chi connectivity index (χ0v) is 7.96. The van der Waals surface area contributed by atoms with Crippen LogP contribution in [0.2, 0.25) is 0 Å². The van der Waals surface area contributed by atoms with Crippen molar-refractivity contribution in [2.24, 2.45) is 0 Å². The summed E-state index contributed by atoms with van der Waals surface area (Å²) in [5.41, 5.74) is 0. The van der Waals surface area contributed by atoms with Crippen molar-refractivity contribution in [3.63, 3.8) is 0 Å². The largest absolute Gasteiger partial charge is 0.320 e. The van der Waals surface area contributed by atoms with Gasteiger partial charge in [0.05, 0.1) is 0 Å². The van der Waals surface area contributed by atoms with E-state index in [1.807, 2.05) is 7.05 Å². The van der Waals surface area contributed by atoms with E-state index in [0.717, 1.165) is 19.4 Å². The second kappa shape index (κ2) is 5.22. The molecule has 0 atom stereocenters. The molecule has 1 aromatic rings. The van der Waals surface area contributed by atoms with Gasteiger partial charge in [0.2, 0.25) is 0 Å². The third-order valence-electron chi connectivity index (χ3n) is 1.57. The van der Waals surface area contributed by atoms with E-state index in [0.29, 0.717) is 5.01 Å². The van der Waals surface area contributed by atoms with Crippen molar-refractivity contribution in [3.8, 4) is 0 Å². The number of halogens is 1. The van der Waals surface area contributed by atoms with Gasteiger partial charge in [0.1, 0.15) is 11.7 Å². The fraction of sp³-hybridized carbons (Fsp3) is 0.625. The summed E-state index contributed by atoms with van der Waals surface area (Å²) >= 11 is 1.47. The highest BCUT2D eigenvalue weighted by Gasteiger charge is 2.00. The lowest BCUT2D eigenvalue weighted by Crippen LogP contribution is -2.07. The Bertz CT molecular complexity index is 225. The monoisotopic (exact) mass is 188 g/mol. The van der Waals surface area contributed by atoms with Crippen LogP contribution in [-0.2, 0) is 13.1 Å². The zero-order valence-electron chi connectivity index (χ0n) is 7.14. The van der Waals surface area contributed by atoms with Crippen molar-refractivity contribution in [1.82, 2.24) is 10.3 Å². The highest BCUT2D eigenvalue weighted by molar-refractivity contribution is 7.11. The van der Waals surface area contributed by atoms with Gasteiger partial charge in [-0.05, 0) is 26.4 Å². The molecule has 0 aliphatic rings. The molecule has 0 fully saturated rings. The van der Waals surface area contributed by atoms with E-state index in [2.05, 4.69) is 10.3 Å². The molecule has 0 aliphatic heterocycles. The lowest BCUT2D eigenvalue weighted by atomic mass is 10.3. The Morgan fingerprint density at radius 3 is 3.08 bits per heavy atom. The Morgan fingerprint density at radius 1 is 1.67 bits per heavy atom. The fourth-order valence-corrected chi connectivity index (χ4v) is 1.78. The van der Waals surface area contributed by atoms with Crippen LogP contribution in [0.25, 0.3) is 0 Å². The van der Waals surface area contributed by atoms with Crippen molar-refractivity contribution in [2.75, 3.05) is 13.6 Å². The number of alkyl halides is 1. The van der Waals surface area contributed by atoms with Crippen LogP contribution in [0.5, 0.6) is 0 Å². The highest BCUT2D eigenvalue weighted by atomic mass is 32.1. The van der Waals surface area contributed by atoms with Gasteiger partial charge in [-0.15, -0.1) is 11.3 Å². The van der Waals surface area contributed by atoms with Crippen LogP contribution in [0.4, 0.5) is 4.39 Å². The molecule has 4 heteroatoms. The standard InChI is InChI=1S/C8H13FN2S/c1-10-4-2-3-7-6-11-8(5-9)12-7/h6,10H,2-5H2,1H3. The third kappa shape index (κ3) is 2.87. The second-order valence-corrected chi connectivity index (χ2v) is 3.76. The first-order chi connectivity index (χ1) is 5.86. The minimum absolute atomic E-state index is 0.434. The predicted octanol–water partition coefficient (Wildman–Crippen LogP) is 1.76. The number of nitrogens with zero attached hydrogens (tertiary/aromatic N) is 1. The van der Waals surface area contributed by atoms with Crippen molar-refractivity contribution >= 4 is 11.3 Å². The molecule has 0 spiro atoms. The average Bonchev–Trinajstić information content (AvgIpc) is 2.53. The van der Waals surface area contributed by atoms with Gasteiger partial charge in [-0.1, -0.05) is 0 Å². The van der Waals surface area contributed by atoms with Crippen molar-refractivity contribution in [2.45, 2.75) is 19.5 Å². The maximum atomic E-state index is 12.1. The van der Waals surface area contributed by atoms with Gasteiger partial charge in [0.25, 0.3) is 0 Å². The van der Waals surface area contributed by atoms with E-state index in [-0.39, 0.29) is 0 Å². The predicted molar refractivity (Wildman–Crippen MR) is 49.2 cm³/mol. The number of hydrogen-bond donors (Lipinski definition) is 1. The number of aryl methyl sites for hydroxylation is 1. The molecule has 0 amide bonds. The quantitative estimate of drug-likeness (QED) is 0.712. The number of rotatable bonds is 5. The molecule has 1 aromatic heterocycles. The third-order valence-corrected chi connectivity index (χ3v) is 2.59. The van der Waals surface area contributed by atoms with Crippen LogP contribution < -0.4 is 5.32 Å². The molecule has 0 aromatic carbocycles. The molecule has 1 rings (SSSR count). The van der Waals surface area contributed by atoms with Crippen LogP contribution in [0.15, 0.2) is 6.20 Å². The fourth-order valence-electron chi connectivity index (χ4n) is 0.965. The lowest BCUT2D eigenvalue weighted by Gasteiger charge is -1.95. The second-order valence-electron chi connectivity index (χ2n) is 2.56. The van der Waals surface area contributed by atoms with Gasteiger partial charge in [0, 0.05) is 11.1 Å². The Labute approximate surface area is 75.8 Å². The summed E-state index contributed by atoms with van der Waals surface area (Å²) in [5, 5.41) is 3.66. The van der Waals surface area contributed by atoms with Crippen LogP contribution in [-0.4, -0.2) is 18.6 Å². The molecule has 68 valence electrons. The average molecular weight is 188 g/mol. The molecule has 0 saturated heterocycles. The molecule has 1 N–H and O–H groups in total. The van der Waals surface area contributed by atoms with Crippen molar-refractivity contribution < 1.29 is 4.39 Å². The number of nitrogens with one attached hydrogen (secondary N) is 1. The summed E-state index contributed by atoms with van der Waals surface area (Å²) in [6, 6.07) is 0. The SMILES string of the molecule is CNCCCc1cnc(CF)s1. The molecular weight excluding hydrogens is 175 g/mol. The molecule has 0 aliphatic carbocycles. The first kappa shape index (κ1) is 9.61. The smallest absolute Gasteiger partial charge is 0.141 e. The van der Waals surface area contributed by atoms with Crippen molar-refractivity contribution in [1.29, 1.82) is 0 Å². The van der Waals surface area contributed by atoms with E-state index in [9.17, 15) is 4.39 Å². The Balaban J connectivity index is 2.31. The number of aromatic nitrogens is 1. The van der Waals surface area contributed by atoms with E-state index in [1.165, 1.54) is 16.2 Å². The van der Waals surface area contributed by atoms with E-state index in [1.54, 1.807) is 6.20 Å².